The molecule has 0 spiro atoms. The van der Waals surface area contributed by atoms with Gasteiger partial charge in [0.05, 0.1) is 6.54 Å². The lowest BCUT2D eigenvalue weighted by molar-refractivity contribution is 0.197. The van der Waals surface area contributed by atoms with Gasteiger partial charge in [0.2, 0.25) is 0 Å². The zero-order valence-electron chi connectivity index (χ0n) is 12.6. The molecule has 0 bridgehead atoms. The predicted octanol–water partition coefficient (Wildman–Crippen LogP) is 1.34. The molecule has 0 aromatic carbocycles. The average molecular weight is 279 g/mol. The lowest BCUT2D eigenvalue weighted by Crippen LogP contribution is -2.46. The monoisotopic (exact) mass is 279 g/mol. The Balaban J connectivity index is 1.75. The van der Waals surface area contributed by atoms with Gasteiger partial charge in [-0.2, -0.15) is 0 Å². The summed E-state index contributed by atoms with van der Waals surface area (Å²) in [6, 6.07) is 0.118. The number of nitrogens with one attached hydrogen (secondary N) is 2. The lowest BCUT2D eigenvalue weighted by atomic mass is 10.3. The number of aromatic amines is 1. The van der Waals surface area contributed by atoms with Gasteiger partial charge < -0.3 is 20.1 Å². The van der Waals surface area contributed by atoms with Gasteiger partial charge in [-0.15, -0.1) is 0 Å². The molecule has 2 N–H and O–H groups in total. The summed E-state index contributed by atoms with van der Waals surface area (Å²) < 4.78 is 0. The van der Waals surface area contributed by atoms with E-state index in [4.69, 9.17) is 0 Å². The molecule has 20 heavy (non-hydrogen) atoms. The number of imidazole rings is 1. The first-order valence-corrected chi connectivity index (χ1v) is 7.29. The van der Waals surface area contributed by atoms with Crippen molar-refractivity contribution < 1.29 is 4.79 Å². The van der Waals surface area contributed by atoms with Crippen LogP contribution in [0, 0.1) is 6.92 Å². The second-order valence-corrected chi connectivity index (χ2v) is 5.73. The maximum atomic E-state index is 12.1. The summed E-state index contributed by atoms with van der Waals surface area (Å²) in [7, 11) is 1.79. The summed E-state index contributed by atoms with van der Waals surface area (Å²) in [4.78, 5) is 23.5. The number of hydrogen-bond donors (Lipinski definition) is 2. The minimum absolute atomic E-state index is 0.0502. The van der Waals surface area contributed by atoms with Crippen LogP contribution in [0.15, 0.2) is 6.20 Å². The molecule has 1 aliphatic heterocycles. The summed E-state index contributed by atoms with van der Waals surface area (Å²) in [6.45, 7) is 7.74. The first kappa shape index (κ1) is 14.8. The zero-order chi connectivity index (χ0) is 14.5. The molecule has 2 rings (SSSR count). The summed E-state index contributed by atoms with van der Waals surface area (Å²) in [5.74, 6) is 0.812. The van der Waals surface area contributed by atoms with Crippen LogP contribution in [-0.4, -0.2) is 58.5 Å². The Hall–Kier alpha value is -1.56. The van der Waals surface area contributed by atoms with Gasteiger partial charge in [0.15, 0.2) is 0 Å². The number of aryl methyl sites for hydroxylation is 1. The molecule has 2 heterocycles. The third-order valence-electron chi connectivity index (χ3n) is 3.59. The zero-order valence-corrected chi connectivity index (χ0v) is 12.6. The van der Waals surface area contributed by atoms with Crippen molar-refractivity contribution in [1.29, 1.82) is 0 Å². The molecule has 1 aromatic rings. The van der Waals surface area contributed by atoms with Crippen LogP contribution in [0.2, 0.25) is 0 Å². The van der Waals surface area contributed by atoms with Crippen molar-refractivity contribution in [1.82, 2.24) is 25.1 Å². The molecule has 1 atom stereocenters. The standard InChI is InChI=1S/C14H25N5O/c1-11-8-15-13(16-11)10-18(3)14(20)17-12(2)9-19-6-4-5-7-19/h8,12H,4-7,9-10H2,1-3H3,(H,15,16)(H,17,20)/t12-/m0/s1. The fourth-order valence-electron chi connectivity index (χ4n) is 2.56. The molecule has 112 valence electrons. The molecular weight excluding hydrogens is 254 g/mol. The Bertz CT molecular complexity index is 439. The number of urea groups is 1. The van der Waals surface area contributed by atoms with Gasteiger partial charge in [0.1, 0.15) is 5.82 Å². The number of carbonyl (C=O) groups excluding carboxylic acids is 1. The van der Waals surface area contributed by atoms with Crippen LogP contribution in [-0.2, 0) is 6.54 Å². The molecule has 1 fully saturated rings. The van der Waals surface area contributed by atoms with Gasteiger partial charge >= 0.3 is 6.03 Å². The second-order valence-electron chi connectivity index (χ2n) is 5.73. The number of rotatable bonds is 5. The fraction of sp³-hybridized carbons (Fsp3) is 0.714. The summed E-state index contributed by atoms with van der Waals surface area (Å²) in [5.41, 5.74) is 1.01. The van der Waals surface area contributed by atoms with Gasteiger partial charge in [-0.25, -0.2) is 9.78 Å². The third kappa shape index (κ3) is 4.23. The largest absolute Gasteiger partial charge is 0.345 e. The quantitative estimate of drug-likeness (QED) is 0.855. The van der Waals surface area contributed by atoms with Crippen LogP contribution >= 0.6 is 0 Å². The lowest BCUT2D eigenvalue weighted by Gasteiger charge is -2.24. The van der Waals surface area contributed by atoms with Crippen molar-refractivity contribution in [3.8, 4) is 0 Å². The van der Waals surface area contributed by atoms with Crippen molar-refractivity contribution in [3.05, 3.63) is 17.7 Å². The van der Waals surface area contributed by atoms with Gasteiger partial charge in [0, 0.05) is 31.5 Å². The van der Waals surface area contributed by atoms with Gasteiger partial charge in [-0.1, -0.05) is 0 Å². The van der Waals surface area contributed by atoms with E-state index >= 15 is 0 Å². The van der Waals surface area contributed by atoms with Gasteiger partial charge in [0.25, 0.3) is 0 Å². The SMILES string of the molecule is Cc1cnc(CN(C)C(=O)N[C@@H](C)CN2CCCC2)[nH]1. The van der Waals surface area contributed by atoms with E-state index < -0.39 is 0 Å². The molecule has 6 heteroatoms. The second kappa shape index (κ2) is 6.74. The first-order chi connectivity index (χ1) is 9.54. The average Bonchev–Trinajstić information content (AvgIpc) is 3.01. The van der Waals surface area contributed by atoms with Crippen molar-refractivity contribution >= 4 is 6.03 Å². The van der Waals surface area contributed by atoms with E-state index in [0.29, 0.717) is 6.54 Å². The molecule has 0 unspecified atom stereocenters. The van der Waals surface area contributed by atoms with Crippen LogP contribution in [0.5, 0.6) is 0 Å². The van der Waals surface area contributed by atoms with Crippen molar-refractivity contribution in [2.24, 2.45) is 0 Å². The van der Waals surface area contributed by atoms with E-state index in [9.17, 15) is 4.79 Å². The molecule has 6 nitrogen and oxygen atoms in total. The van der Waals surface area contributed by atoms with Crippen LogP contribution in [0.4, 0.5) is 4.79 Å². The van der Waals surface area contributed by atoms with Crippen LogP contribution < -0.4 is 5.32 Å². The predicted molar refractivity (Wildman–Crippen MR) is 78.5 cm³/mol. The molecule has 0 radical (unpaired) electrons. The summed E-state index contributed by atoms with van der Waals surface area (Å²) >= 11 is 0. The number of nitrogens with zero attached hydrogens (tertiary/aromatic N) is 3. The Morgan fingerprint density at radius 1 is 1.55 bits per heavy atom. The molecule has 1 saturated heterocycles. The molecule has 0 saturated carbocycles. The molecular formula is C14H25N5O. The fourth-order valence-corrected chi connectivity index (χ4v) is 2.56. The van der Waals surface area contributed by atoms with Crippen LogP contribution in [0.25, 0.3) is 0 Å². The Kier molecular flexibility index (Phi) is 5.00. The maximum absolute atomic E-state index is 12.1. The van der Waals surface area contributed by atoms with E-state index in [-0.39, 0.29) is 12.1 Å². The Morgan fingerprint density at radius 3 is 2.85 bits per heavy atom. The molecule has 1 aliphatic rings. The van der Waals surface area contributed by atoms with E-state index in [2.05, 4.69) is 27.1 Å². The minimum atomic E-state index is -0.0502. The molecule has 1 aromatic heterocycles. The first-order valence-electron chi connectivity index (χ1n) is 7.29. The highest BCUT2D eigenvalue weighted by atomic mass is 16.2. The van der Waals surface area contributed by atoms with E-state index in [1.165, 1.54) is 12.8 Å². The maximum Gasteiger partial charge on any atom is 0.317 e. The Labute approximate surface area is 120 Å². The van der Waals surface area contributed by atoms with Crippen molar-refractivity contribution in [2.45, 2.75) is 39.3 Å². The smallest absolute Gasteiger partial charge is 0.317 e. The number of hydrogen-bond acceptors (Lipinski definition) is 3. The third-order valence-corrected chi connectivity index (χ3v) is 3.59. The number of amides is 2. The van der Waals surface area contributed by atoms with E-state index in [1.807, 2.05) is 6.92 Å². The highest BCUT2D eigenvalue weighted by Gasteiger charge is 2.17. The number of carbonyl (C=O) groups is 1. The highest BCUT2D eigenvalue weighted by Crippen LogP contribution is 2.07. The number of H-pyrrole nitrogens is 1. The minimum Gasteiger partial charge on any atom is -0.345 e. The normalized spacial score (nSPS) is 17.1. The molecule has 2 amide bonds. The van der Waals surface area contributed by atoms with E-state index in [0.717, 1.165) is 31.2 Å². The summed E-state index contributed by atoms with van der Waals surface area (Å²) in [6.07, 6.45) is 4.33. The molecule has 0 aliphatic carbocycles. The highest BCUT2D eigenvalue weighted by molar-refractivity contribution is 5.74. The number of aromatic nitrogens is 2. The Morgan fingerprint density at radius 2 is 2.25 bits per heavy atom. The van der Waals surface area contributed by atoms with Crippen molar-refractivity contribution in [2.75, 3.05) is 26.7 Å². The van der Waals surface area contributed by atoms with Gasteiger partial charge in [-0.05, 0) is 39.8 Å². The van der Waals surface area contributed by atoms with Crippen LogP contribution in [0.3, 0.4) is 0 Å². The van der Waals surface area contributed by atoms with Gasteiger partial charge in [-0.3, -0.25) is 0 Å². The van der Waals surface area contributed by atoms with E-state index in [1.54, 1.807) is 18.1 Å². The van der Waals surface area contributed by atoms with Crippen LogP contribution in [0.1, 0.15) is 31.3 Å². The van der Waals surface area contributed by atoms with Crippen molar-refractivity contribution in [3.63, 3.8) is 0 Å². The number of likely N-dealkylation sites (tertiary alicyclic amines) is 1. The topological polar surface area (TPSA) is 64.3 Å². The summed E-state index contributed by atoms with van der Waals surface area (Å²) in [5, 5.41) is 3.04.